The Morgan fingerprint density at radius 2 is 2.04 bits per heavy atom. The minimum absolute atomic E-state index is 0.0390. The molecule has 0 unspecified atom stereocenters. The fraction of sp³-hybridized carbons (Fsp3) is 0.474. The second kappa shape index (κ2) is 7.02. The van der Waals surface area contributed by atoms with Gasteiger partial charge < -0.3 is 14.5 Å². The number of hydrogen-bond acceptors (Lipinski definition) is 5. The summed E-state index contributed by atoms with van der Waals surface area (Å²) in [4.78, 5) is 19.0. The van der Waals surface area contributed by atoms with Gasteiger partial charge in [-0.2, -0.15) is 0 Å². The Bertz CT molecular complexity index is 805. The van der Waals surface area contributed by atoms with Crippen molar-refractivity contribution in [3.8, 4) is 0 Å². The molecule has 7 heteroatoms. The van der Waals surface area contributed by atoms with E-state index < -0.39 is 0 Å². The second-order valence-electron chi connectivity index (χ2n) is 7.03. The lowest BCUT2D eigenvalue weighted by molar-refractivity contribution is -0.0502. The van der Waals surface area contributed by atoms with Crippen LogP contribution in [0.25, 0.3) is 0 Å². The minimum atomic E-state index is -0.192. The lowest BCUT2D eigenvalue weighted by Gasteiger charge is -2.35. The number of carbonyl (C=O) groups excluding carboxylic acids is 1. The highest BCUT2D eigenvalue weighted by Gasteiger charge is 2.38. The van der Waals surface area contributed by atoms with Crippen molar-refractivity contribution >= 4 is 17.5 Å². The number of rotatable bonds is 3. The molecule has 4 rings (SSSR count). The summed E-state index contributed by atoms with van der Waals surface area (Å²) < 4.78 is 11.5. The van der Waals surface area contributed by atoms with Crippen molar-refractivity contribution in [1.82, 2.24) is 15.2 Å². The summed E-state index contributed by atoms with van der Waals surface area (Å²) >= 11 is 5.97. The molecule has 3 heterocycles. The van der Waals surface area contributed by atoms with Crippen LogP contribution in [-0.2, 0) is 4.74 Å². The highest BCUT2D eigenvalue weighted by Crippen LogP contribution is 2.31. The fourth-order valence-electron chi connectivity index (χ4n) is 3.85. The van der Waals surface area contributed by atoms with Gasteiger partial charge in [0.15, 0.2) is 5.89 Å². The van der Waals surface area contributed by atoms with Gasteiger partial charge in [-0.1, -0.05) is 23.7 Å². The third-order valence-corrected chi connectivity index (χ3v) is 5.36. The molecule has 26 heavy (non-hydrogen) atoms. The number of aryl methyl sites for hydroxylation is 2. The maximum atomic E-state index is 12.5. The van der Waals surface area contributed by atoms with Crippen molar-refractivity contribution in [2.75, 3.05) is 19.7 Å². The van der Waals surface area contributed by atoms with Gasteiger partial charge >= 0.3 is 0 Å². The third kappa shape index (κ3) is 3.49. The number of nitrogens with zero attached hydrogens (tertiary/aromatic N) is 2. The maximum absolute atomic E-state index is 12.5. The van der Waals surface area contributed by atoms with E-state index in [1.54, 1.807) is 13.8 Å². The van der Waals surface area contributed by atoms with Gasteiger partial charge in [0.2, 0.25) is 5.76 Å². The maximum Gasteiger partial charge on any atom is 0.289 e. The van der Waals surface area contributed by atoms with Crippen LogP contribution in [0.15, 0.2) is 28.7 Å². The van der Waals surface area contributed by atoms with Gasteiger partial charge in [0.25, 0.3) is 5.91 Å². The Morgan fingerprint density at radius 3 is 2.73 bits per heavy atom. The SMILES string of the molecule is Cc1nc(C)c(C(=O)N[C@@H]2C[C@H]3CO[C@@H](c4ccc(Cl)cc4)CN3C2)o1. The average molecular weight is 376 g/mol. The van der Waals surface area contributed by atoms with Crippen molar-refractivity contribution in [1.29, 1.82) is 0 Å². The average Bonchev–Trinajstić information content (AvgIpc) is 3.16. The number of halogens is 1. The Balaban J connectivity index is 1.38. The first-order valence-electron chi connectivity index (χ1n) is 8.85. The Morgan fingerprint density at radius 1 is 1.27 bits per heavy atom. The van der Waals surface area contributed by atoms with Crippen LogP contribution in [0.3, 0.4) is 0 Å². The molecule has 1 N–H and O–H groups in total. The van der Waals surface area contributed by atoms with Gasteiger partial charge in [-0.05, 0) is 31.0 Å². The summed E-state index contributed by atoms with van der Waals surface area (Å²) in [6.07, 6.45) is 0.919. The van der Waals surface area contributed by atoms with Crippen molar-refractivity contribution in [3.63, 3.8) is 0 Å². The van der Waals surface area contributed by atoms with Gasteiger partial charge in [0, 0.05) is 37.1 Å². The predicted octanol–water partition coefficient (Wildman–Crippen LogP) is 2.89. The number of amides is 1. The van der Waals surface area contributed by atoms with E-state index in [0.29, 0.717) is 30.0 Å². The van der Waals surface area contributed by atoms with Crippen LogP contribution in [0.4, 0.5) is 0 Å². The highest BCUT2D eigenvalue weighted by molar-refractivity contribution is 6.30. The number of fused-ring (bicyclic) bond motifs is 1. The van der Waals surface area contributed by atoms with Crippen molar-refractivity contribution in [2.45, 2.75) is 38.5 Å². The summed E-state index contributed by atoms with van der Waals surface area (Å²) in [5.41, 5.74) is 1.76. The van der Waals surface area contributed by atoms with Crippen LogP contribution in [0.2, 0.25) is 5.02 Å². The summed E-state index contributed by atoms with van der Waals surface area (Å²) in [5, 5.41) is 3.81. The van der Waals surface area contributed by atoms with E-state index in [1.165, 1.54) is 0 Å². The van der Waals surface area contributed by atoms with E-state index >= 15 is 0 Å². The zero-order chi connectivity index (χ0) is 18.3. The quantitative estimate of drug-likeness (QED) is 0.893. The van der Waals surface area contributed by atoms with Gasteiger partial charge in [-0.3, -0.25) is 9.69 Å². The summed E-state index contributed by atoms with van der Waals surface area (Å²) in [6, 6.07) is 8.23. The standard InChI is InChI=1S/C19H22ClN3O3/c1-11-18(26-12(2)21-11)19(24)22-15-7-16-10-25-17(9-23(16)8-15)13-3-5-14(20)6-4-13/h3-6,15-17H,7-10H2,1-2H3,(H,22,24)/t15-,16+,17-/m1/s1. The Labute approximate surface area is 157 Å². The van der Waals surface area contributed by atoms with E-state index in [-0.39, 0.29) is 18.1 Å². The summed E-state index contributed by atoms with van der Waals surface area (Å²) in [6.45, 7) is 5.83. The molecule has 2 fully saturated rings. The van der Waals surface area contributed by atoms with Crippen LogP contribution in [-0.4, -0.2) is 47.6 Å². The molecule has 6 nitrogen and oxygen atoms in total. The van der Waals surface area contributed by atoms with Crippen LogP contribution in [0, 0.1) is 13.8 Å². The zero-order valence-electron chi connectivity index (χ0n) is 14.9. The highest BCUT2D eigenvalue weighted by atomic mass is 35.5. The number of aromatic nitrogens is 1. The van der Waals surface area contributed by atoms with Crippen molar-refractivity contribution < 1.29 is 13.9 Å². The van der Waals surface area contributed by atoms with E-state index in [9.17, 15) is 4.79 Å². The normalized spacial score (nSPS) is 25.9. The van der Waals surface area contributed by atoms with Crippen molar-refractivity contribution in [3.05, 3.63) is 52.2 Å². The number of morpholine rings is 1. The first-order chi connectivity index (χ1) is 12.5. The fourth-order valence-corrected chi connectivity index (χ4v) is 3.98. The minimum Gasteiger partial charge on any atom is -0.436 e. The molecule has 2 aliphatic rings. The third-order valence-electron chi connectivity index (χ3n) is 5.10. The van der Waals surface area contributed by atoms with E-state index in [0.717, 1.165) is 30.1 Å². The molecule has 0 aliphatic carbocycles. The molecule has 3 atom stereocenters. The number of benzene rings is 1. The first-order valence-corrected chi connectivity index (χ1v) is 9.23. The zero-order valence-corrected chi connectivity index (χ0v) is 15.6. The predicted molar refractivity (Wildman–Crippen MR) is 97.4 cm³/mol. The molecule has 1 aromatic carbocycles. The summed E-state index contributed by atoms with van der Waals surface area (Å²) in [5.74, 6) is 0.626. The van der Waals surface area contributed by atoms with Crippen molar-refractivity contribution in [2.24, 2.45) is 0 Å². The molecule has 1 amide bonds. The van der Waals surface area contributed by atoms with E-state index in [1.807, 2.05) is 24.3 Å². The number of nitrogens with one attached hydrogen (secondary N) is 1. The number of oxazole rings is 1. The molecule has 2 aromatic rings. The molecular weight excluding hydrogens is 354 g/mol. The smallest absolute Gasteiger partial charge is 0.289 e. The van der Waals surface area contributed by atoms with E-state index in [4.69, 9.17) is 20.8 Å². The number of carbonyl (C=O) groups is 1. The van der Waals surface area contributed by atoms with Crippen LogP contribution in [0.5, 0.6) is 0 Å². The monoisotopic (exact) mass is 375 g/mol. The topological polar surface area (TPSA) is 67.6 Å². The number of hydrogen-bond donors (Lipinski definition) is 1. The molecule has 138 valence electrons. The van der Waals surface area contributed by atoms with Crippen LogP contribution >= 0.6 is 11.6 Å². The molecule has 2 aliphatic heterocycles. The molecule has 0 spiro atoms. The molecule has 0 saturated carbocycles. The second-order valence-corrected chi connectivity index (χ2v) is 7.47. The van der Waals surface area contributed by atoms with Gasteiger partial charge in [-0.25, -0.2) is 4.98 Å². The molecule has 0 bridgehead atoms. The lowest BCUT2D eigenvalue weighted by atomic mass is 10.1. The molecular formula is C19H22ClN3O3. The molecule has 1 aromatic heterocycles. The van der Waals surface area contributed by atoms with Gasteiger partial charge in [0.1, 0.15) is 0 Å². The largest absolute Gasteiger partial charge is 0.436 e. The number of ether oxygens (including phenoxy) is 1. The van der Waals surface area contributed by atoms with Crippen LogP contribution in [0.1, 0.15) is 40.2 Å². The summed E-state index contributed by atoms with van der Waals surface area (Å²) in [7, 11) is 0. The molecule has 2 saturated heterocycles. The lowest BCUT2D eigenvalue weighted by Crippen LogP contribution is -2.43. The Hall–Kier alpha value is -1.89. The first kappa shape index (κ1) is 17.5. The van der Waals surface area contributed by atoms with E-state index in [2.05, 4.69) is 15.2 Å². The van der Waals surface area contributed by atoms with Gasteiger partial charge in [-0.15, -0.1) is 0 Å². The Kier molecular flexibility index (Phi) is 4.73. The van der Waals surface area contributed by atoms with Gasteiger partial charge in [0.05, 0.1) is 18.4 Å². The van der Waals surface area contributed by atoms with Crippen LogP contribution < -0.4 is 5.32 Å². The molecule has 0 radical (unpaired) electrons.